The van der Waals surface area contributed by atoms with Crippen molar-refractivity contribution in [2.75, 3.05) is 24.6 Å². The van der Waals surface area contributed by atoms with Crippen LogP contribution in [-0.2, 0) is 9.53 Å². The van der Waals surface area contributed by atoms with Crippen LogP contribution in [0.25, 0.3) is 5.69 Å². The lowest BCUT2D eigenvalue weighted by molar-refractivity contribution is -0.119. The van der Waals surface area contributed by atoms with E-state index < -0.39 is 0 Å². The van der Waals surface area contributed by atoms with E-state index in [1.165, 1.54) is 6.92 Å². The number of ether oxygens (including phenoxy) is 1. The molecular formula is C20H27N3O4. The maximum Gasteiger partial charge on any atom is 0.414 e. The van der Waals surface area contributed by atoms with E-state index in [1.807, 2.05) is 50.5 Å². The molecule has 2 N–H and O–H groups in total. The molecule has 0 bridgehead atoms. The average molecular weight is 373 g/mol. The number of anilines is 1. The Balaban J connectivity index is 0.000000817. The van der Waals surface area contributed by atoms with Crippen LogP contribution < -0.4 is 10.2 Å². The van der Waals surface area contributed by atoms with E-state index in [0.29, 0.717) is 13.1 Å². The van der Waals surface area contributed by atoms with Gasteiger partial charge in [0.25, 0.3) is 0 Å². The van der Waals surface area contributed by atoms with Crippen LogP contribution in [0.4, 0.5) is 10.5 Å². The van der Waals surface area contributed by atoms with Gasteiger partial charge in [-0.25, -0.2) is 4.79 Å². The van der Waals surface area contributed by atoms with Crippen LogP contribution in [0.3, 0.4) is 0 Å². The lowest BCUT2D eigenvalue weighted by Gasteiger charge is -2.18. The maximum absolute atomic E-state index is 12.2. The average Bonchev–Trinajstić information content (AvgIpc) is 3.23. The summed E-state index contributed by atoms with van der Waals surface area (Å²) in [7, 11) is 0. The molecule has 0 saturated carbocycles. The molecule has 2 aromatic rings. The Morgan fingerprint density at radius 3 is 2.33 bits per heavy atom. The molecule has 1 aliphatic rings. The standard InChI is InChI=1S/C18H21N3O3.C2H6O/c1-12-8-15(9-13(2)17(12)20-6-4-5-7-20)21-11-16(24-18(21)23)10-19-14(3)22;1-2-3/h4-9,16H,10-11H2,1-3H3,(H,19,22);3H,2H2,1H3/t16-;/m0./s1. The van der Waals surface area contributed by atoms with Gasteiger partial charge in [-0.05, 0) is 56.2 Å². The number of rotatable bonds is 4. The summed E-state index contributed by atoms with van der Waals surface area (Å²) in [4.78, 5) is 24.8. The molecule has 146 valence electrons. The van der Waals surface area contributed by atoms with Gasteiger partial charge in [-0.1, -0.05) is 0 Å². The van der Waals surface area contributed by atoms with Crippen LogP contribution in [-0.4, -0.2) is 47.5 Å². The van der Waals surface area contributed by atoms with E-state index in [4.69, 9.17) is 9.84 Å². The second kappa shape index (κ2) is 9.23. The number of aliphatic hydroxyl groups excluding tert-OH is 1. The maximum atomic E-state index is 12.2. The number of hydrogen-bond acceptors (Lipinski definition) is 4. The Morgan fingerprint density at radius 1 is 1.26 bits per heavy atom. The van der Waals surface area contributed by atoms with Crippen molar-refractivity contribution in [1.82, 2.24) is 9.88 Å². The Labute approximate surface area is 159 Å². The van der Waals surface area contributed by atoms with Crippen molar-refractivity contribution < 1.29 is 19.4 Å². The molecule has 1 aliphatic heterocycles. The van der Waals surface area contributed by atoms with Crippen molar-refractivity contribution in [2.24, 2.45) is 0 Å². The molecule has 27 heavy (non-hydrogen) atoms. The normalized spacial score (nSPS) is 15.8. The van der Waals surface area contributed by atoms with E-state index in [2.05, 4.69) is 9.88 Å². The zero-order valence-corrected chi connectivity index (χ0v) is 16.2. The SMILES string of the molecule is CC(=O)NC[C@H]1CN(c2cc(C)c(-n3cccc3)c(C)c2)C(=O)O1.CCO. The second-order valence-corrected chi connectivity index (χ2v) is 6.39. The Kier molecular flexibility index (Phi) is 7.01. The Hall–Kier alpha value is -2.80. The minimum Gasteiger partial charge on any atom is -0.442 e. The van der Waals surface area contributed by atoms with Gasteiger partial charge in [-0.2, -0.15) is 0 Å². The highest BCUT2D eigenvalue weighted by Crippen LogP contribution is 2.28. The molecule has 1 aromatic heterocycles. The highest BCUT2D eigenvalue weighted by molar-refractivity contribution is 5.90. The number of nitrogens with one attached hydrogen (secondary N) is 1. The molecule has 7 heteroatoms. The van der Waals surface area contributed by atoms with Crippen LogP contribution in [0, 0.1) is 13.8 Å². The quantitative estimate of drug-likeness (QED) is 0.863. The summed E-state index contributed by atoms with van der Waals surface area (Å²) in [6.07, 6.45) is 3.30. The summed E-state index contributed by atoms with van der Waals surface area (Å²) in [6.45, 7) is 8.20. The van der Waals surface area contributed by atoms with Gasteiger partial charge in [0.1, 0.15) is 6.10 Å². The summed E-state index contributed by atoms with van der Waals surface area (Å²) < 4.78 is 7.39. The highest BCUT2D eigenvalue weighted by atomic mass is 16.6. The number of carbonyl (C=O) groups excluding carboxylic acids is 2. The molecule has 0 unspecified atom stereocenters. The van der Waals surface area contributed by atoms with Crippen molar-refractivity contribution >= 4 is 17.7 Å². The van der Waals surface area contributed by atoms with Crippen molar-refractivity contribution in [1.29, 1.82) is 0 Å². The van der Waals surface area contributed by atoms with Gasteiger partial charge < -0.3 is 19.7 Å². The van der Waals surface area contributed by atoms with Crippen molar-refractivity contribution in [2.45, 2.75) is 33.8 Å². The number of carbonyl (C=O) groups is 2. The molecule has 2 amide bonds. The molecule has 1 atom stereocenters. The van der Waals surface area contributed by atoms with E-state index in [0.717, 1.165) is 22.5 Å². The molecule has 1 saturated heterocycles. The summed E-state index contributed by atoms with van der Waals surface area (Å²) >= 11 is 0. The minimum atomic E-state index is -0.377. The molecule has 0 spiro atoms. The molecule has 3 rings (SSSR count). The molecule has 2 heterocycles. The zero-order valence-electron chi connectivity index (χ0n) is 16.2. The van der Waals surface area contributed by atoms with Gasteiger partial charge in [0.15, 0.2) is 0 Å². The summed E-state index contributed by atoms with van der Waals surface area (Å²) in [5.41, 5.74) is 4.10. The lowest BCUT2D eigenvalue weighted by Crippen LogP contribution is -2.33. The van der Waals surface area contributed by atoms with Crippen LogP contribution in [0.2, 0.25) is 0 Å². The predicted molar refractivity (Wildman–Crippen MR) is 104 cm³/mol. The number of aryl methyl sites for hydroxylation is 2. The largest absolute Gasteiger partial charge is 0.442 e. The van der Waals surface area contributed by atoms with Crippen LogP contribution in [0.5, 0.6) is 0 Å². The third-order valence-corrected chi connectivity index (χ3v) is 4.10. The third kappa shape index (κ3) is 5.10. The van der Waals surface area contributed by atoms with Crippen molar-refractivity contribution in [3.63, 3.8) is 0 Å². The van der Waals surface area contributed by atoms with Gasteiger partial charge in [-0.15, -0.1) is 0 Å². The number of amides is 2. The Morgan fingerprint density at radius 2 is 1.81 bits per heavy atom. The topological polar surface area (TPSA) is 83.8 Å². The summed E-state index contributed by atoms with van der Waals surface area (Å²) in [5, 5.41) is 10.3. The highest BCUT2D eigenvalue weighted by Gasteiger charge is 2.32. The Bertz CT molecular complexity index is 764. The van der Waals surface area contributed by atoms with E-state index in [1.54, 1.807) is 11.8 Å². The summed E-state index contributed by atoms with van der Waals surface area (Å²) in [5.74, 6) is -0.132. The van der Waals surface area contributed by atoms with E-state index >= 15 is 0 Å². The molecule has 7 nitrogen and oxygen atoms in total. The van der Waals surface area contributed by atoms with Gasteiger partial charge in [-0.3, -0.25) is 9.69 Å². The van der Waals surface area contributed by atoms with Crippen LogP contribution >= 0.6 is 0 Å². The molecular weight excluding hydrogens is 346 g/mol. The van der Waals surface area contributed by atoms with Crippen LogP contribution in [0.1, 0.15) is 25.0 Å². The predicted octanol–water partition coefficient (Wildman–Crippen LogP) is 2.55. The molecule has 1 fully saturated rings. The van der Waals surface area contributed by atoms with Crippen molar-refractivity contribution in [3.8, 4) is 5.69 Å². The lowest BCUT2D eigenvalue weighted by atomic mass is 10.1. The van der Waals surface area contributed by atoms with Crippen LogP contribution in [0.15, 0.2) is 36.7 Å². The number of hydrogen-bond donors (Lipinski definition) is 2. The zero-order chi connectivity index (χ0) is 20.0. The number of aliphatic hydroxyl groups is 1. The van der Waals surface area contributed by atoms with E-state index in [9.17, 15) is 9.59 Å². The first kappa shape index (κ1) is 20.5. The third-order valence-electron chi connectivity index (χ3n) is 4.10. The first-order valence-electron chi connectivity index (χ1n) is 8.95. The summed E-state index contributed by atoms with van der Waals surface area (Å²) in [6, 6.07) is 7.95. The van der Waals surface area contributed by atoms with Gasteiger partial charge in [0, 0.05) is 31.6 Å². The minimum absolute atomic E-state index is 0.132. The fourth-order valence-electron chi connectivity index (χ4n) is 3.08. The first-order chi connectivity index (χ1) is 12.9. The number of benzene rings is 1. The van der Waals surface area contributed by atoms with E-state index in [-0.39, 0.29) is 24.7 Å². The fraction of sp³-hybridized carbons (Fsp3) is 0.400. The molecule has 0 aliphatic carbocycles. The van der Waals surface area contributed by atoms with Gasteiger partial charge in [0.2, 0.25) is 5.91 Å². The van der Waals surface area contributed by atoms with Crippen molar-refractivity contribution in [3.05, 3.63) is 47.8 Å². The van der Waals surface area contributed by atoms with Gasteiger partial charge >= 0.3 is 6.09 Å². The second-order valence-electron chi connectivity index (χ2n) is 6.39. The first-order valence-corrected chi connectivity index (χ1v) is 8.95. The molecule has 1 aromatic carbocycles. The smallest absolute Gasteiger partial charge is 0.414 e. The fourth-order valence-corrected chi connectivity index (χ4v) is 3.08. The van der Waals surface area contributed by atoms with Gasteiger partial charge in [0.05, 0.1) is 18.8 Å². The number of cyclic esters (lactones) is 1. The molecule has 0 radical (unpaired) electrons. The number of aromatic nitrogens is 1. The number of nitrogens with zero attached hydrogens (tertiary/aromatic N) is 2. The monoisotopic (exact) mass is 373 g/mol.